The minimum atomic E-state index is -0.0524. The smallest absolute Gasteiger partial charge is 0.276 e. The number of rotatable bonds is 3. The van der Waals surface area contributed by atoms with E-state index in [9.17, 15) is 4.79 Å². The zero-order valence-electron chi connectivity index (χ0n) is 13.3. The summed E-state index contributed by atoms with van der Waals surface area (Å²) in [5.74, 6) is 0. The SMILES string of the molecule is Cc1ccccc1Cn1ccn2nc(-c3cccnc3)cc2c1=O. The fourth-order valence-electron chi connectivity index (χ4n) is 2.78. The Morgan fingerprint density at radius 1 is 1.08 bits per heavy atom. The zero-order chi connectivity index (χ0) is 16.5. The number of hydrogen-bond acceptors (Lipinski definition) is 3. The Labute approximate surface area is 138 Å². The second kappa shape index (κ2) is 5.77. The van der Waals surface area contributed by atoms with Gasteiger partial charge < -0.3 is 4.57 Å². The maximum atomic E-state index is 12.8. The van der Waals surface area contributed by atoms with Crippen molar-refractivity contribution in [3.63, 3.8) is 0 Å². The summed E-state index contributed by atoms with van der Waals surface area (Å²) in [6.07, 6.45) is 7.05. The third kappa shape index (κ3) is 2.50. The minimum absolute atomic E-state index is 0.0524. The molecule has 4 rings (SSSR count). The molecule has 0 unspecified atom stereocenters. The van der Waals surface area contributed by atoms with Gasteiger partial charge in [0.2, 0.25) is 0 Å². The Balaban J connectivity index is 1.78. The maximum absolute atomic E-state index is 12.8. The van der Waals surface area contributed by atoms with Gasteiger partial charge in [0.15, 0.2) is 0 Å². The summed E-state index contributed by atoms with van der Waals surface area (Å²) in [6, 6.07) is 13.7. The third-order valence-electron chi connectivity index (χ3n) is 4.16. The lowest BCUT2D eigenvalue weighted by Crippen LogP contribution is -2.22. The van der Waals surface area contributed by atoms with Crippen molar-refractivity contribution < 1.29 is 0 Å². The Hall–Kier alpha value is -3.21. The predicted molar refractivity (Wildman–Crippen MR) is 93.0 cm³/mol. The average Bonchev–Trinajstić information content (AvgIpc) is 3.05. The lowest BCUT2D eigenvalue weighted by atomic mass is 10.1. The number of fused-ring (bicyclic) bond motifs is 1. The fourth-order valence-corrected chi connectivity index (χ4v) is 2.78. The molecule has 3 heterocycles. The van der Waals surface area contributed by atoms with Crippen molar-refractivity contribution in [1.82, 2.24) is 19.2 Å². The van der Waals surface area contributed by atoms with Crippen LogP contribution < -0.4 is 5.56 Å². The average molecular weight is 316 g/mol. The summed E-state index contributed by atoms with van der Waals surface area (Å²) in [6.45, 7) is 2.60. The summed E-state index contributed by atoms with van der Waals surface area (Å²) >= 11 is 0. The van der Waals surface area contributed by atoms with Crippen LogP contribution >= 0.6 is 0 Å². The van der Waals surface area contributed by atoms with Crippen LogP contribution in [-0.4, -0.2) is 19.2 Å². The molecule has 0 spiro atoms. The van der Waals surface area contributed by atoms with Gasteiger partial charge in [-0.15, -0.1) is 0 Å². The maximum Gasteiger partial charge on any atom is 0.276 e. The highest BCUT2D eigenvalue weighted by Gasteiger charge is 2.10. The first-order valence-electron chi connectivity index (χ1n) is 7.76. The summed E-state index contributed by atoms with van der Waals surface area (Å²) in [5.41, 5.74) is 4.46. The van der Waals surface area contributed by atoms with E-state index < -0.39 is 0 Å². The van der Waals surface area contributed by atoms with Crippen molar-refractivity contribution in [1.29, 1.82) is 0 Å². The van der Waals surface area contributed by atoms with Gasteiger partial charge in [-0.1, -0.05) is 24.3 Å². The second-order valence-electron chi connectivity index (χ2n) is 5.76. The van der Waals surface area contributed by atoms with Gasteiger partial charge in [-0.3, -0.25) is 9.78 Å². The Morgan fingerprint density at radius 3 is 2.75 bits per heavy atom. The molecule has 118 valence electrons. The van der Waals surface area contributed by atoms with Gasteiger partial charge in [0.1, 0.15) is 5.52 Å². The normalized spacial score (nSPS) is 11.0. The Bertz CT molecular complexity index is 1060. The van der Waals surface area contributed by atoms with Crippen LogP contribution in [0.2, 0.25) is 0 Å². The predicted octanol–water partition coefficient (Wildman–Crippen LogP) is 2.91. The van der Waals surface area contributed by atoms with Crippen molar-refractivity contribution >= 4 is 5.52 Å². The molecule has 0 aliphatic rings. The molecule has 0 radical (unpaired) electrons. The van der Waals surface area contributed by atoms with E-state index in [2.05, 4.69) is 23.1 Å². The summed E-state index contributed by atoms with van der Waals surface area (Å²) in [5, 5.41) is 4.47. The molecule has 0 amide bonds. The highest BCUT2D eigenvalue weighted by Crippen LogP contribution is 2.17. The van der Waals surface area contributed by atoms with Crippen LogP contribution in [0.1, 0.15) is 11.1 Å². The van der Waals surface area contributed by atoms with Gasteiger partial charge in [0.05, 0.1) is 12.2 Å². The molecule has 0 fully saturated rings. The lowest BCUT2D eigenvalue weighted by Gasteiger charge is -2.08. The van der Waals surface area contributed by atoms with Crippen LogP contribution in [-0.2, 0) is 6.54 Å². The van der Waals surface area contributed by atoms with Crippen molar-refractivity contribution in [2.24, 2.45) is 0 Å². The van der Waals surface area contributed by atoms with Gasteiger partial charge >= 0.3 is 0 Å². The highest BCUT2D eigenvalue weighted by molar-refractivity contribution is 5.64. The number of pyridine rings is 1. The molecule has 3 aromatic heterocycles. The van der Waals surface area contributed by atoms with Crippen LogP contribution in [0.25, 0.3) is 16.8 Å². The zero-order valence-corrected chi connectivity index (χ0v) is 13.3. The molecule has 0 saturated heterocycles. The van der Waals surface area contributed by atoms with Crippen molar-refractivity contribution in [3.05, 3.63) is 88.7 Å². The summed E-state index contributed by atoms with van der Waals surface area (Å²) < 4.78 is 3.34. The first kappa shape index (κ1) is 14.4. The molecule has 5 heteroatoms. The van der Waals surface area contributed by atoms with E-state index in [0.717, 1.165) is 16.8 Å². The van der Waals surface area contributed by atoms with Gasteiger partial charge in [0, 0.05) is 30.4 Å². The molecule has 24 heavy (non-hydrogen) atoms. The van der Waals surface area contributed by atoms with Crippen LogP contribution in [0.15, 0.2) is 72.0 Å². The number of nitrogens with zero attached hydrogens (tertiary/aromatic N) is 4. The second-order valence-corrected chi connectivity index (χ2v) is 5.76. The third-order valence-corrected chi connectivity index (χ3v) is 4.16. The van der Waals surface area contributed by atoms with Crippen molar-refractivity contribution in [2.45, 2.75) is 13.5 Å². The van der Waals surface area contributed by atoms with E-state index in [1.54, 1.807) is 27.7 Å². The minimum Gasteiger partial charge on any atom is -0.308 e. The van der Waals surface area contributed by atoms with Crippen LogP contribution in [0.5, 0.6) is 0 Å². The van der Waals surface area contributed by atoms with E-state index >= 15 is 0 Å². The number of aromatic nitrogens is 4. The van der Waals surface area contributed by atoms with Gasteiger partial charge in [-0.2, -0.15) is 5.10 Å². The summed E-state index contributed by atoms with van der Waals surface area (Å²) in [4.78, 5) is 16.9. The van der Waals surface area contributed by atoms with E-state index in [0.29, 0.717) is 12.1 Å². The van der Waals surface area contributed by atoms with Crippen LogP contribution in [0.3, 0.4) is 0 Å². The van der Waals surface area contributed by atoms with Crippen molar-refractivity contribution in [3.8, 4) is 11.3 Å². The van der Waals surface area contributed by atoms with E-state index in [4.69, 9.17) is 0 Å². The molecule has 0 atom stereocenters. The number of aryl methyl sites for hydroxylation is 1. The highest BCUT2D eigenvalue weighted by atomic mass is 16.1. The standard InChI is InChI=1S/C19H16N4O/c1-14-5-2-3-6-16(14)13-22-9-10-23-18(19(22)24)11-17(21-23)15-7-4-8-20-12-15/h2-12H,13H2,1H3. The van der Waals surface area contributed by atoms with Crippen LogP contribution in [0, 0.1) is 6.92 Å². The van der Waals surface area contributed by atoms with E-state index in [-0.39, 0.29) is 5.56 Å². The molecule has 0 aliphatic heterocycles. The first-order valence-corrected chi connectivity index (χ1v) is 7.76. The molecular formula is C19H16N4O. The monoisotopic (exact) mass is 316 g/mol. The molecule has 5 nitrogen and oxygen atoms in total. The van der Waals surface area contributed by atoms with Crippen molar-refractivity contribution in [2.75, 3.05) is 0 Å². The molecule has 4 aromatic rings. The molecule has 0 N–H and O–H groups in total. The lowest BCUT2D eigenvalue weighted by molar-refractivity contribution is 0.740. The summed E-state index contributed by atoms with van der Waals surface area (Å²) in [7, 11) is 0. The molecule has 0 saturated carbocycles. The Kier molecular flexibility index (Phi) is 3.46. The molecular weight excluding hydrogens is 300 g/mol. The van der Waals surface area contributed by atoms with E-state index in [1.165, 1.54) is 5.56 Å². The quantitative estimate of drug-likeness (QED) is 0.584. The van der Waals surface area contributed by atoms with Crippen LogP contribution in [0.4, 0.5) is 0 Å². The Morgan fingerprint density at radius 2 is 1.96 bits per heavy atom. The van der Waals surface area contributed by atoms with Gasteiger partial charge in [-0.25, -0.2) is 4.52 Å². The molecule has 1 aromatic carbocycles. The fraction of sp³-hybridized carbons (Fsp3) is 0.105. The molecule has 0 aliphatic carbocycles. The first-order chi connectivity index (χ1) is 11.7. The largest absolute Gasteiger partial charge is 0.308 e. The topological polar surface area (TPSA) is 52.2 Å². The van der Waals surface area contributed by atoms with Gasteiger partial charge in [0.25, 0.3) is 5.56 Å². The van der Waals surface area contributed by atoms with Gasteiger partial charge in [-0.05, 0) is 36.2 Å². The number of benzene rings is 1. The van der Waals surface area contributed by atoms with E-state index in [1.807, 2.05) is 42.6 Å². The number of hydrogen-bond donors (Lipinski definition) is 0. The molecule has 0 bridgehead atoms.